The van der Waals surface area contributed by atoms with E-state index in [1.807, 2.05) is 67.7 Å². The van der Waals surface area contributed by atoms with Crippen molar-refractivity contribution < 1.29 is 19.1 Å². The number of aryl methyl sites for hydroxylation is 1. The standard InChI is InChI=1S/C30H27IN4O4/c1-19-7-9-23(10-8-19)35-28(36)18-39-29-25(31)14-20(15-27(29)38-2)13-22(16-32)30(37)33-12-11-21-17-34-26-6-4-3-5-24(21)26/h3-10,13-15,17,34H,11-12,18H2,1-2H3,(H,33,37)(H,35,36)/b22-13-. The maximum absolute atomic E-state index is 12.7. The molecule has 0 spiro atoms. The molecule has 0 aliphatic carbocycles. The Morgan fingerprint density at radius 3 is 2.64 bits per heavy atom. The summed E-state index contributed by atoms with van der Waals surface area (Å²) in [6.45, 7) is 2.15. The maximum atomic E-state index is 12.7. The third-order valence-electron chi connectivity index (χ3n) is 5.97. The summed E-state index contributed by atoms with van der Waals surface area (Å²) >= 11 is 2.07. The van der Waals surface area contributed by atoms with Gasteiger partial charge in [0.05, 0.1) is 10.7 Å². The van der Waals surface area contributed by atoms with E-state index in [4.69, 9.17) is 9.47 Å². The van der Waals surface area contributed by atoms with E-state index in [-0.39, 0.29) is 18.1 Å². The second-order valence-electron chi connectivity index (χ2n) is 8.77. The molecule has 2 amide bonds. The first-order chi connectivity index (χ1) is 18.9. The molecule has 39 heavy (non-hydrogen) atoms. The van der Waals surface area contributed by atoms with Gasteiger partial charge in [-0.05, 0) is 83.5 Å². The first-order valence-electron chi connectivity index (χ1n) is 12.2. The average Bonchev–Trinajstić information content (AvgIpc) is 3.35. The smallest absolute Gasteiger partial charge is 0.262 e. The molecule has 0 atom stereocenters. The molecule has 9 heteroatoms. The number of nitrogens with zero attached hydrogens (tertiary/aromatic N) is 1. The van der Waals surface area contributed by atoms with Crippen molar-refractivity contribution in [3.8, 4) is 17.6 Å². The van der Waals surface area contributed by atoms with Crippen molar-refractivity contribution in [1.82, 2.24) is 10.3 Å². The molecule has 0 saturated carbocycles. The zero-order valence-corrected chi connectivity index (χ0v) is 23.7. The number of amides is 2. The predicted octanol–water partition coefficient (Wildman–Crippen LogP) is 5.37. The molecule has 4 aromatic rings. The number of carbonyl (C=O) groups excluding carboxylic acids is 2. The highest BCUT2D eigenvalue weighted by atomic mass is 127. The van der Waals surface area contributed by atoms with Gasteiger partial charge in [0.15, 0.2) is 18.1 Å². The molecule has 8 nitrogen and oxygen atoms in total. The van der Waals surface area contributed by atoms with Gasteiger partial charge in [-0.2, -0.15) is 5.26 Å². The number of rotatable bonds is 10. The van der Waals surface area contributed by atoms with Crippen LogP contribution in [-0.2, 0) is 16.0 Å². The van der Waals surface area contributed by atoms with E-state index in [9.17, 15) is 14.9 Å². The molecule has 3 N–H and O–H groups in total. The highest BCUT2D eigenvalue weighted by molar-refractivity contribution is 14.1. The van der Waals surface area contributed by atoms with Crippen LogP contribution < -0.4 is 20.1 Å². The van der Waals surface area contributed by atoms with E-state index in [2.05, 4.69) is 38.2 Å². The lowest BCUT2D eigenvalue weighted by atomic mass is 10.1. The van der Waals surface area contributed by atoms with Gasteiger partial charge in [0, 0.05) is 29.3 Å². The average molecular weight is 634 g/mol. The molecule has 0 saturated heterocycles. The van der Waals surface area contributed by atoms with Gasteiger partial charge in [-0.3, -0.25) is 9.59 Å². The first kappa shape index (κ1) is 27.7. The molecule has 0 unspecified atom stereocenters. The third-order valence-corrected chi connectivity index (χ3v) is 6.77. The molecule has 0 aliphatic heterocycles. The van der Waals surface area contributed by atoms with Crippen LogP contribution in [0.25, 0.3) is 17.0 Å². The molecule has 0 bridgehead atoms. The van der Waals surface area contributed by atoms with Crippen molar-refractivity contribution in [2.75, 3.05) is 25.6 Å². The van der Waals surface area contributed by atoms with Gasteiger partial charge in [-0.15, -0.1) is 0 Å². The lowest BCUT2D eigenvalue weighted by Gasteiger charge is -2.14. The van der Waals surface area contributed by atoms with E-state index in [1.165, 1.54) is 13.2 Å². The number of hydrogen-bond acceptors (Lipinski definition) is 5. The monoisotopic (exact) mass is 634 g/mol. The van der Waals surface area contributed by atoms with Crippen LogP contribution in [0.4, 0.5) is 5.69 Å². The van der Waals surface area contributed by atoms with Crippen LogP contribution in [0.3, 0.4) is 0 Å². The van der Waals surface area contributed by atoms with E-state index >= 15 is 0 Å². The van der Waals surface area contributed by atoms with Crippen LogP contribution in [0.5, 0.6) is 11.5 Å². The van der Waals surface area contributed by atoms with Crippen LogP contribution in [0, 0.1) is 21.8 Å². The third kappa shape index (κ3) is 7.18. The number of carbonyl (C=O) groups is 2. The van der Waals surface area contributed by atoms with Crippen LogP contribution in [0.2, 0.25) is 0 Å². The van der Waals surface area contributed by atoms with Crippen LogP contribution in [-0.4, -0.2) is 37.1 Å². The molecule has 198 valence electrons. The van der Waals surface area contributed by atoms with Crippen molar-refractivity contribution in [3.05, 3.63) is 92.7 Å². The van der Waals surface area contributed by atoms with Gasteiger partial charge in [-0.25, -0.2) is 0 Å². The Labute approximate surface area is 240 Å². The number of nitrogens with one attached hydrogen (secondary N) is 3. The quantitative estimate of drug-likeness (QED) is 0.123. The van der Waals surface area contributed by atoms with Crippen LogP contribution >= 0.6 is 22.6 Å². The second kappa shape index (κ2) is 13.0. The number of para-hydroxylation sites is 1. The number of ether oxygens (including phenoxy) is 2. The Bertz CT molecular complexity index is 1570. The SMILES string of the molecule is COc1cc(/C=C(/C#N)C(=O)NCCc2c[nH]c3ccccc23)cc(I)c1OCC(=O)Nc1ccc(C)cc1. The summed E-state index contributed by atoms with van der Waals surface area (Å²) in [6, 6.07) is 20.8. The van der Waals surface area contributed by atoms with Gasteiger partial charge in [0.25, 0.3) is 11.8 Å². The van der Waals surface area contributed by atoms with Crippen molar-refractivity contribution in [2.24, 2.45) is 0 Å². The minimum atomic E-state index is -0.459. The number of halogens is 1. The summed E-state index contributed by atoms with van der Waals surface area (Å²) in [5, 5.41) is 16.3. The van der Waals surface area contributed by atoms with E-state index < -0.39 is 5.91 Å². The van der Waals surface area contributed by atoms with Crippen LogP contribution in [0.15, 0.2) is 72.4 Å². The maximum Gasteiger partial charge on any atom is 0.262 e. The molecule has 0 aliphatic rings. The minimum absolute atomic E-state index is 0.0297. The molecule has 4 rings (SSSR count). The molecular weight excluding hydrogens is 607 g/mol. The Hall–Kier alpha value is -4.30. The van der Waals surface area contributed by atoms with Crippen molar-refractivity contribution >= 4 is 57.1 Å². The highest BCUT2D eigenvalue weighted by Gasteiger charge is 2.15. The van der Waals surface area contributed by atoms with E-state index in [1.54, 1.807) is 12.1 Å². The van der Waals surface area contributed by atoms with Crippen molar-refractivity contribution in [2.45, 2.75) is 13.3 Å². The fraction of sp³-hybridized carbons (Fsp3) is 0.167. The fourth-order valence-electron chi connectivity index (χ4n) is 3.99. The molecule has 0 fully saturated rings. The number of benzene rings is 3. The molecule has 1 heterocycles. The Balaban J connectivity index is 1.39. The normalized spacial score (nSPS) is 11.1. The Kier molecular flexibility index (Phi) is 9.22. The van der Waals surface area contributed by atoms with Gasteiger partial charge < -0.3 is 25.1 Å². The van der Waals surface area contributed by atoms with Gasteiger partial charge in [0.1, 0.15) is 11.6 Å². The number of aromatic amines is 1. The molecule has 1 aromatic heterocycles. The van der Waals surface area contributed by atoms with Gasteiger partial charge in [0.2, 0.25) is 0 Å². The zero-order valence-electron chi connectivity index (χ0n) is 21.5. The Morgan fingerprint density at radius 1 is 1.13 bits per heavy atom. The minimum Gasteiger partial charge on any atom is -0.493 e. The second-order valence-corrected chi connectivity index (χ2v) is 9.93. The number of nitriles is 1. The lowest BCUT2D eigenvalue weighted by Crippen LogP contribution is -2.26. The largest absolute Gasteiger partial charge is 0.493 e. The lowest BCUT2D eigenvalue weighted by molar-refractivity contribution is -0.118. The highest BCUT2D eigenvalue weighted by Crippen LogP contribution is 2.34. The van der Waals surface area contributed by atoms with E-state index in [0.717, 1.165) is 22.0 Å². The zero-order chi connectivity index (χ0) is 27.8. The molecule has 3 aromatic carbocycles. The van der Waals surface area contributed by atoms with Gasteiger partial charge in [-0.1, -0.05) is 35.9 Å². The molecular formula is C30H27IN4O4. The number of aromatic nitrogens is 1. The number of hydrogen-bond donors (Lipinski definition) is 3. The fourth-order valence-corrected chi connectivity index (χ4v) is 4.78. The van der Waals surface area contributed by atoms with E-state index in [0.29, 0.717) is 39.3 Å². The Morgan fingerprint density at radius 2 is 1.90 bits per heavy atom. The summed E-state index contributed by atoms with van der Waals surface area (Å²) in [5.74, 6) is 0.0143. The summed E-state index contributed by atoms with van der Waals surface area (Å²) in [5.41, 5.74) is 4.48. The summed E-state index contributed by atoms with van der Waals surface area (Å²) < 4.78 is 11.9. The number of H-pyrrole nitrogens is 1. The summed E-state index contributed by atoms with van der Waals surface area (Å²) in [6.07, 6.45) is 4.06. The summed E-state index contributed by atoms with van der Waals surface area (Å²) in [7, 11) is 1.49. The number of methoxy groups -OCH3 is 1. The number of anilines is 1. The van der Waals surface area contributed by atoms with Gasteiger partial charge >= 0.3 is 0 Å². The first-order valence-corrected chi connectivity index (χ1v) is 13.3. The molecule has 0 radical (unpaired) electrons. The number of fused-ring (bicyclic) bond motifs is 1. The van der Waals surface area contributed by atoms with Crippen molar-refractivity contribution in [1.29, 1.82) is 5.26 Å². The van der Waals surface area contributed by atoms with Crippen LogP contribution in [0.1, 0.15) is 16.7 Å². The predicted molar refractivity (Wildman–Crippen MR) is 160 cm³/mol. The van der Waals surface area contributed by atoms with Crippen molar-refractivity contribution in [3.63, 3.8) is 0 Å². The topological polar surface area (TPSA) is 116 Å². The summed E-state index contributed by atoms with van der Waals surface area (Å²) in [4.78, 5) is 28.3.